The molecule has 0 radical (unpaired) electrons. The first-order valence-electron chi connectivity index (χ1n) is 2.90. The van der Waals surface area contributed by atoms with Crippen molar-refractivity contribution in [2.45, 2.75) is 20.8 Å². The molecule has 0 rings (SSSR count). The van der Waals surface area contributed by atoms with Crippen LogP contribution in [-0.2, 0) is 0 Å². The van der Waals surface area contributed by atoms with Crippen LogP contribution in [-0.4, -0.2) is 12.3 Å². The molecule has 0 aliphatic rings. The lowest BCUT2D eigenvalue weighted by molar-refractivity contribution is 0.496. The van der Waals surface area contributed by atoms with Gasteiger partial charge in [0, 0.05) is 12.0 Å². The molecule has 0 heterocycles. The van der Waals surface area contributed by atoms with Gasteiger partial charge >= 0.3 is 0 Å². The standard InChI is InChI=1S/C6H13FN2/c1-6(2,3)5(4-8)9-7/h4,8H2,1-3H3/b9-5+. The Balaban J connectivity index is 4.14. The Labute approximate surface area is 54.9 Å². The highest BCUT2D eigenvalue weighted by molar-refractivity contribution is 5.90. The summed E-state index contributed by atoms with van der Waals surface area (Å²) in [5, 5.41) is 2.57. The normalized spacial score (nSPS) is 14.1. The Kier molecular flexibility index (Phi) is 2.77. The molecule has 54 valence electrons. The van der Waals surface area contributed by atoms with Crippen LogP contribution >= 0.6 is 0 Å². The van der Waals surface area contributed by atoms with Gasteiger partial charge in [0.1, 0.15) is 0 Å². The third-order valence-corrected chi connectivity index (χ3v) is 1.16. The zero-order valence-corrected chi connectivity index (χ0v) is 6.11. The van der Waals surface area contributed by atoms with Crippen molar-refractivity contribution in [3.05, 3.63) is 0 Å². The molecule has 0 unspecified atom stereocenters. The summed E-state index contributed by atoms with van der Waals surface area (Å²) in [7, 11) is 0. The number of nitrogens with zero attached hydrogens (tertiary/aromatic N) is 1. The van der Waals surface area contributed by atoms with E-state index in [2.05, 4.69) is 5.21 Å². The van der Waals surface area contributed by atoms with Crippen LogP contribution in [0.25, 0.3) is 0 Å². The molecule has 0 saturated heterocycles. The summed E-state index contributed by atoms with van der Waals surface area (Å²) < 4.78 is 11.7. The highest BCUT2D eigenvalue weighted by Crippen LogP contribution is 2.15. The summed E-state index contributed by atoms with van der Waals surface area (Å²) in [6.45, 7) is 5.81. The van der Waals surface area contributed by atoms with Gasteiger partial charge in [-0.15, -0.1) is 0 Å². The van der Waals surface area contributed by atoms with Crippen molar-refractivity contribution in [3.8, 4) is 0 Å². The van der Waals surface area contributed by atoms with Gasteiger partial charge in [-0.05, 0) is 0 Å². The summed E-state index contributed by atoms with van der Waals surface area (Å²) in [5.41, 5.74) is 5.37. The monoisotopic (exact) mass is 132 g/mol. The Morgan fingerprint density at radius 3 is 2.00 bits per heavy atom. The van der Waals surface area contributed by atoms with Gasteiger partial charge in [0.15, 0.2) is 0 Å². The first-order valence-corrected chi connectivity index (χ1v) is 2.90. The van der Waals surface area contributed by atoms with Crippen LogP contribution < -0.4 is 5.73 Å². The van der Waals surface area contributed by atoms with E-state index in [-0.39, 0.29) is 12.0 Å². The summed E-state index contributed by atoms with van der Waals surface area (Å²) in [5.74, 6) is 0. The molecule has 2 nitrogen and oxygen atoms in total. The van der Waals surface area contributed by atoms with Gasteiger partial charge in [-0.2, -0.15) is 0 Å². The quantitative estimate of drug-likeness (QED) is 0.537. The number of rotatable bonds is 1. The number of nitrogens with two attached hydrogens (primary N) is 1. The molecule has 9 heavy (non-hydrogen) atoms. The van der Waals surface area contributed by atoms with Crippen LogP contribution in [0.3, 0.4) is 0 Å². The molecule has 3 heteroatoms. The Morgan fingerprint density at radius 1 is 1.56 bits per heavy atom. The average molecular weight is 132 g/mol. The van der Waals surface area contributed by atoms with Gasteiger partial charge in [0.05, 0.1) is 5.71 Å². The van der Waals surface area contributed by atoms with E-state index in [4.69, 9.17) is 5.73 Å². The van der Waals surface area contributed by atoms with Gasteiger partial charge in [-0.25, -0.2) is 0 Å². The lowest BCUT2D eigenvalue weighted by atomic mass is 9.90. The topological polar surface area (TPSA) is 38.4 Å². The summed E-state index contributed by atoms with van der Waals surface area (Å²) in [6.07, 6.45) is 0. The predicted molar refractivity (Wildman–Crippen MR) is 37.1 cm³/mol. The Bertz CT molecular complexity index is 113. The smallest absolute Gasteiger partial charge is 0.0697 e. The van der Waals surface area contributed by atoms with Crippen molar-refractivity contribution in [3.63, 3.8) is 0 Å². The molecular weight excluding hydrogens is 119 g/mol. The SMILES string of the molecule is CC(C)(C)/C(CN)=N/F. The van der Waals surface area contributed by atoms with Gasteiger partial charge in [-0.3, -0.25) is 0 Å². The second kappa shape index (κ2) is 2.92. The molecule has 0 fully saturated rings. The second-order valence-electron chi connectivity index (χ2n) is 2.99. The van der Waals surface area contributed by atoms with Gasteiger partial charge in [0.25, 0.3) is 0 Å². The molecule has 2 N–H and O–H groups in total. The molecule has 0 aliphatic heterocycles. The van der Waals surface area contributed by atoms with Crippen molar-refractivity contribution in [2.75, 3.05) is 6.54 Å². The van der Waals surface area contributed by atoms with Crippen molar-refractivity contribution in [1.82, 2.24) is 0 Å². The maximum absolute atomic E-state index is 11.7. The van der Waals surface area contributed by atoms with Gasteiger partial charge in [0.2, 0.25) is 0 Å². The molecule has 0 aromatic heterocycles. The average Bonchev–Trinajstić information content (AvgIpc) is 1.65. The van der Waals surface area contributed by atoms with Crippen molar-refractivity contribution >= 4 is 5.71 Å². The molecule has 0 spiro atoms. The van der Waals surface area contributed by atoms with E-state index in [0.717, 1.165) is 0 Å². The first kappa shape index (κ1) is 8.56. The first-order chi connectivity index (χ1) is 4.02. The molecule has 0 aromatic carbocycles. The molecule has 0 saturated carbocycles. The molecule has 0 bridgehead atoms. The van der Waals surface area contributed by atoms with Gasteiger partial charge < -0.3 is 5.73 Å². The third-order valence-electron chi connectivity index (χ3n) is 1.16. The highest BCUT2D eigenvalue weighted by Gasteiger charge is 2.17. The zero-order valence-electron chi connectivity index (χ0n) is 6.11. The van der Waals surface area contributed by atoms with Crippen LogP contribution in [0.2, 0.25) is 0 Å². The van der Waals surface area contributed by atoms with E-state index in [1.165, 1.54) is 0 Å². The minimum atomic E-state index is -0.233. The van der Waals surface area contributed by atoms with Crippen LogP contribution in [0.4, 0.5) is 4.48 Å². The Morgan fingerprint density at radius 2 is 2.00 bits per heavy atom. The molecular formula is C6H13FN2. The summed E-state index contributed by atoms with van der Waals surface area (Å²) >= 11 is 0. The van der Waals surface area contributed by atoms with Crippen LogP contribution in [0.1, 0.15) is 20.8 Å². The van der Waals surface area contributed by atoms with Gasteiger partial charge in [-0.1, -0.05) is 30.5 Å². The maximum Gasteiger partial charge on any atom is 0.0697 e. The second-order valence-corrected chi connectivity index (χ2v) is 2.99. The van der Waals surface area contributed by atoms with E-state index >= 15 is 0 Å². The minimum absolute atomic E-state index is 0.194. The van der Waals surface area contributed by atoms with E-state index in [9.17, 15) is 4.48 Å². The largest absolute Gasteiger partial charge is 0.325 e. The van der Waals surface area contributed by atoms with Crippen molar-refractivity contribution in [2.24, 2.45) is 16.4 Å². The molecule has 0 amide bonds. The number of hydrogen-bond acceptors (Lipinski definition) is 2. The van der Waals surface area contributed by atoms with Crippen LogP contribution in [0, 0.1) is 5.41 Å². The number of hydrogen-bond donors (Lipinski definition) is 1. The van der Waals surface area contributed by atoms with Crippen LogP contribution in [0.15, 0.2) is 5.21 Å². The molecule has 0 aliphatic carbocycles. The van der Waals surface area contributed by atoms with E-state index < -0.39 is 0 Å². The van der Waals surface area contributed by atoms with E-state index in [0.29, 0.717) is 5.71 Å². The van der Waals surface area contributed by atoms with Crippen LogP contribution in [0.5, 0.6) is 0 Å². The fourth-order valence-corrected chi connectivity index (χ4v) is 0.467. The highest BCUT2D eigenvalue weighted by atomic mass is 19.2. The predicted octanol–water partition coefficient (Wildman–Crippen LogP) is 1.32. The van der Waals surface area contributed by atoms with E-state index in [1.54, 1.807) is 0 Å². The minimum Gasteiger partial charge on any atom is -0.325 e. The lowest BCUT2D eigenvalue weighted by Crippen LogP contribution is -2.27. The Hall–Kier alpha value is -0.440. The van der Waals surface area contributed by atoms with E-state index in [1.807, 2.05) is 20.8 Å². The van der Waals surface area contributed by atoms with Crippen molar-refractivity contribution < 1.29 is 4.48 Å². The third kappa shape index (κ3) is 2.56. The molecule has 0 atom stereocenters. The maximum atomic E-state index is 11.7. The molecule has 0 aromatic rings. The summed E-state index contributed by atoms with van der Waals surface area (Å²) in [6, 6.07) is 0. The number of halogens is 1. The fourth-order valence-electron chi connectivity index (χ4n) is 0.467. The zero-order chi connectivity index (χ0) is 7.49. The fraction of sp³-hybridized carbons (Fsp3) is 0.833. The van der Waals surface area contributed by atoms with Crippen molar-refractivity contribution in [1.29, 1.82) is 0 Å². The lowest BCUT2D eigenvalue weighted by Gasteiger charge is -2.17. The summed E-state index contributed by atoms with van der Waals surface area (Å²) in [4.78, 5) is 0.